The Morgan fingerprint density at radius 3 is 2.61 bits per heavy atom. The van der Waals surface area contributed by atoms with E-state index in [-0.39, 0.29) is 24.3 Å². The maximum absolute atomic E-state index is 12.3. The summed E-state index contributed by atoms with van der Waals surface area (Å²) in [5.41, 5.74) is 2.34. The van der Waals surface area contributed by atoms with Crippen LogP contribution in [0.3, 0.4) is 0 Å². The van der Waals surface area contributed by atoms with Crippen LogP contribution < -0.4 is 20.1 Å². The number of ether oxygens (including phenoxy) is 2. The number of rotatable bonds is 7. The van der Waals surface area contributed by atoms with E-state index in [0.29, 0.717) is 36.8 Å². The Morgan fingerprint density at radius 1 is 1.04 bits per heavy atom. The van der Waals surface area contributed by atoms with Crippen molar-refractivity contribution in [3.05, 3.63) is 59.2 Å². The number of fused-ring (bicyclic) bond motifs is 1. The third-order valence-corrected chi connectivity index (χ3v) is 4.64. The quantitative estimate of drug-likeness (QED) is 0.772. The summed E-state index contributed by atoms with van der Waals surface area (Å²) in [6.07, 6.45) is 1.13. The molecule has 0 radical (unpaired) electrons. The Morgan fingerprint density at radius 2 is 1.82 bits per heavy atom. The van der Waals surface area contributed by atoms with E-state index in [1.54, 1.807) is 6.07 Å². The van der Waals surface area contributed by atoms with Gasteiger partial charge in [0.15, 0.2) is 11.5 Å². The standard InChI is InChI=1S/C22H26N2O4/c1-3-15(2)24-22(26)18-6-4-5-17(11-18)14-23-21(25)13-16-7-8-19-20(12-16)28-10-9-27-19/h4-8,11-12,15H,3,9-10,13-14H2,1-2H3,(H,23,25)(H,24,26)/t15-/m1/s1. The first-order valence-corrected chi connectivity index (χ1v) is 9.60. The second-order valence-corrected chi connectivity index (χ2v) is 6.91. The van der Waals surface area contributed by atoms with Crippen molar-refractivity contribution in [2.45, 2.75) is 39.3 Å². The minimum atomic E-state index is -0.0983. The summed E-state index contributed by atoms with van der Waals surface area (Å²) in [5.74, 6) is 1.20. The lowest BCUT2D eigenvalue weighted by Gasteiger charge is -2.18. The summed E-state index contributed by atoms with van der Waals surface area (Å²) >= 11 is 0. The molecule has 0 aromatic heterocycles. The fraction of sp³-hybridized carbons (Fsp3) is 0.364. The molecule has 2 aromatic rings. The predicted molar refractivity (Wildman–Crippen MR) is 107 cm³/mol. The van der Waals surface area contributed by atoms with Gasteiger partial charge in [-0.2, -0.15) is 0 Å². The molecule has 2 aromatic carbocycles. The van der Waals surface area contributed by atoms with Crippen LogP contribution in [0.1, 0.15) is 41.8 Å². The monoisotopic (exact) mass is 382 g/mol. The summed E-state index contributed by atoms with van der Waals surface area (Å²) in [6.45, 7) is 5.43. The van der Waals surface area contributed by atoms with Gasteiger partial charge in [-0.15, -0.1) is 0 Å². The van der Waals surface area contributed by atoms with Crippen LogP contribution in [0.25, 0.3) is 0 Å². The van der Waals surface area contributed by atoms with Crippen LogP contribution >= 0.6 is 0 Å². The van der Waals surface area contributed by atoms with Gasteiger partial charge >= 0.3 is 0 Å². The topological polar surface area (TPSA) is 76.7 Å². The zero-order valence-corrected chi connectivity index (χ0v) is 16.3. The molecule has 0 saturated heterocycles. The van der Waals surface area contributed by atoms with Crippen molar-refractivity contribution < 1.29 is 19.1 Å². The van der Waals surface area contributed by atoms with Gasteiger partial charge in [-0.3, -0.25) is 9.59 Å². The van der Waals surface area contributed by atoms with Gasteiger partial charge in [0.2, 0.25) is 5.91 Å². The SMILES string of the molecule is CC[C@@H](C)NC(=O)c1cccc(CNC(=O)Cc2ccc3c(c2)OCCO3)c1. The average Bonchev–Trinajstić information content (AvgIpc) is 2.72. The molecular formula is C22H26N2O4. The van der Waals surface area contributed by atoms with Crippen LogP contribution in [0.5, 0.6) is 11.5 Å². The Labute approximate surface area is 165 Å². The lowest BCUT2D eigenvalue weighted by molar-refractivity contribution is -0.120. The molecule has 0 aliphatic carbocycles. The van der Waals surface area contributed by atoms with Gasteiger partial charge in [0.25, 0.3) is 5.91 Å². The molecule has 28 heavy (non-hydrogen) atoms. The molecule has 148 valence electrons. The van der Waals surface area contributed by atoms with E-state index in [2.05, 4.69) is 10.6 Å². The summed E-state index contributed by atoms with van der Waals surface area (Å²) < 4.78 is 11.0. The molecule has 0 bridgehead atoms. The van der Waals surface area contributed by atoms with Gasteiger partial charge in [0.1, 0.15) is 13.2 Å². The molecule has 0 saturated carbocycles. The van der Waals surface area contributed by atoms with Crippen molar-refractivity contribution >= 4 is 11.8 Å². The van der Waals surface area contributed by atoms with E-state index in [9.17, 15) is 9.59 Å². The number of hydrogen-bond donors (Lipinski definition) is 2. The second-order valence-electron chi connectivity index (χ2n) is 6.91. The molecule has 2 amide bonds. The smallest absolute Gasteiger partial charge is 0.251 e. The van der Waals surface area contributed by atoms with Crippen molar-refractivity contribution in [2.24, 2.45) is 0 Å². The van der Waals surface area contributed by atoms with E-state index in [0.717, 1.165) is 17.5 Å². The average molecular weight is 382 g/mol. The highest BCUT2D eigenvalue weighted by atomic mass is 16.6. The Bertz CT molecular complexity index is 850. The third-order valence-electron chi connectivity index (χ3n) is 4.64. The third kappa shape index (κ3) is 5.25. The first-order valence-electron chi connectivity index (χ1n) is 9.60. The van der Waals surface area contributed by atoms with Crippen LogP contribution in [-0.2, 0) is 17.8 Å². The zero-order valence-electron chi connectivity index (χ0n) is 16.3. The van der Waals surface area contributed by atoms with Crippen LogP contribution in [0.2, 0.25) is 0 Å². The fourth-order valence-electron chi connectivity index (χ4n) is 2.88. The highest BCUT2D eigenvalue weighted by molar-refractivity contribution is 5.94. The largest absolute Gasteiger partial charge is 0.486 e. The lowest BCUT2D eigenvalue weighted by Crippen LogP contribution is -2.32. The van der Waals surface area contributed by atoms with Crippen LogP contribution in [0, 0.1) is 0 Å². The minimum Gasteiger partial charge on any atom is -0.486 e. The van der Waals surface area contributed by atoms with Crippen molar-refractivity contribution in [2.75, 3.05) is 13.2 Å². The van der Waals surface area contributed by atoms with Gasteiger partial charge < -0.3 is 20.1 Å². The van der Waals surface area contributed by atoms with Crippen molar-refractivity contribution in [3.63, 3.8) is 0 Å². The van der Waals surface area contributed by atoms with Crippen LogP contribution in [0.4, 0.5) is 0 Å². The fourth-order valence-corrected chi connectivity index (χ4v) is 2.88. The summed E-state index contributed by atoms with van der Waals surface area (Å²) in [5, 5.41) is 5.85. The van der Waals surface area contributed by atoms with Crippen molar-refractivity contribution in [1.29, 1.82) is 0 Å². The Kier molecular flexibility index (Phi) is 6.53. The first kappa shape index (κ1) is 19.7. The molecule has 1 atom stereocenters. The van der Waals surface area contributed by atoms with E-state index >= 15 is 0 Å². The van der Waals surface area contributed by atoms with E-state index in [1.807, 2.05) is 50.2 Å². The normalized spacial score (nSPS) is 13.5. The molecule has 1 heterocycles. The van der Waals surface area contributed by atoms with E-state index in [1.165, 1.54) is 0 Å². The molecule has 3 rings (SSSR count). The molecule has 1 aliphatic heterocycles. The maximum atomic E-state index is 12.3. The number of carbonyl (C=O) groups is 2. The highest BCUT2D eigenvalue weighted by Crippen LogP contribution is 2.30. The van der Waals surface area contributed by atoms with Gasteiger partial charge in [-0.1, -0.05) is 25.1 Å². The number of benzene rings is 2. The lowest BCUT2D eigenvalue weighted by atomic mass is 10.1. The molecule has 6 nitrogen and oxygen atoms in total. The molecule has 0 spiro atoms. The van der Waals surface area contributed by atoms with E-state index < -0.39 is 0 Å². The Balaban J connectivity index is 1.54. The molecule has 2 N–H and O–H groups in total. The molecule has 0 unspecified atom stereocenters. The van der Waals surface area contributed by atoms with E-state index in [4.69, 9.17) is 9.47 Å². The Hall–Kier alpha value is -3.02. The summed E-state index contributed by atoms with van der Waals surface area (Å²) in [4.78, 5) is 24.5. The summed E-state index contributed by atoms with van der Waals surface area (Å²) in [6, 6.07) is 13.0. The van der Waals surface area contributed by atoms with Crippen molar-refractivity contribution in [1.82, 2.24) is 10.6 Å². The minimum absolute atomic E-state index is 0.0915. The van der Waals surface area contributed by atoms with Gasteiger partial charge in [0, 0.05) is 18.2 Å². The second kappa shape index (κ2) is 9.26. The highest BCUT2D eigenvalue weighted by Gasteiger charge is 2.13. The first-order chi connectivity index (χ1) is 13.5. The zero-order chi connectivity index (χ0) is 19.9. The maximum Gasteiger partial charge on any atom is 0.251 e. The van der Waals surface area contributed by atoms with Gasteiger partial charge in [-0.25, -0.2) is 0 Å². The molecule has 1 aliphatic rings. The van der Waals surface area contributed by atoms with Gasteiger partial charge in [-0.05, 0) is 48.7 Å². The van der Waals surface area contributed by atoms with Crippen LogP contribution in [-0.4, -0.2) is 31.1 Å². The number of nitrogens with one attached hydrogen (secondary N) is 2. The number of hydrogen-bond acceptors (Lipinski definition) is 4. The number of carbonyl (C=O) groups excluding carboxylic acids is 2. The molecular weight excluding hydrogens is 356 g/mol. The predicted octanol–water partition coefficient (Wildman–Crippen LogP) is 2.85. The molecule has 6 heteroatoms. The van der Waals surface area contributed by atoms with Gasteiger partial charge in [0.05, 0.1) is 6.42 Å². The van der Waals surface area contributed by atoms with Crippen LogP contribution in [0.15, 0.2) is 42.5 Å². The molecule has 0 fully saturated rings. The van der Waals surface area contributed by atoms with Crippen molar-refractivity contribution in [3.8, 4) is 11.5 Å². The summed E-state index contributed by atoms with van der Waals surface area (Å²) in [7, 11) is 0. The number of amides is 2.